The van der Waals surface area contributed by atoms with E-state index in [1.54, 1.807) is 12.5 Å². The minimum Gasteiger partial charge on any atom is -0.472 e. The van der Waals surface area contributed by atoms with Gasteiger partial charge < -0.3 is 19.7 Å². The van der Waals surface area contributed by atoms with Crippen molar-refractivity contribution in [2.24, 2.45) is 28.6 Å². The van der Waals surface area contributed by atoms with Gasteiger partial charge in [0, 0.05) is 11.0 Å². The van der Waals surface area contributed by atoms with Gasteiger partial charge in [0.2, 0.25) is 0 Å². The lowest BCUT2D eigenvalue weighted by Gasteiger charge is -2.64. The first-order chi connectivity index (χ1) is 12.7. The number of fused-ring (bicyclic) bond motifs is 5. The molecular formula is C23H34O4. The second-order valence-electron chi connectivity index (χ2n) is 10.6. The molecule has 0 aromatic carbocycles. The van der Waals surface area contributed by atoms with Crippen molar-refractivity contribution < 1.29 is 19.7 Å². The Balaban J connectivity index is 1.52. The minimum atomic E-state index is -1.01. The van der Waals surface area contributed by atoms with E-state index in [0.717, 1.165) is 50.5 Å². The maximum atomic E-state index is 12.1. The summed E-state index contributed by atoms with van der Waals surface area (Å²) in [5, 5.41) is 34.0. The van der Waals surface area contributed by atoms with E-state index in [-0.39, 0.29) is 17.4 Å². The summed E-state index contributed by atoms with van der Waals surface area (Å²) in [6.45, 7) is 4.53. The Morgan fingerprint density at radius 2 is 1.78 bits per heavy atom. The smallest absolute Gasteiger partial charge is 0.101 e. The largest absolute Gasteiger partial charge is 0.472 e. The van der Waals surface area contributed by atoms with Crippen LogP contribution in [0.25, 0.3) is 0 Å². The van der Waals surface area contributed by atoms with E-state index in [1.165, 1.54) is 0 Å². The Morgan fingerprint density at radius 3 is 2.52 bits per heavy atom. The minimum absolute atomic E-state index is 0.144. The molecule has 1 aromatic rings. The van der Waals surface area contributed by atoms with Gasteiger partial charge in [-0.1, -0.05) is 13.8 Å². The molecule has 1 heterocycles. The molecule has 4 saturated carbocycles. The van der Waals surface area contributed by atoms with Crippen LogP contribution in [0.4, 0.5) is 0 Å². The third-order valence-electron chi connectivity index (χ3n) is 9.97. The van der Waals surface area contributed by atoms with Crippen LogP contribution < -0.4 is 0 Å². The fourth-order valence-corrected chi connectivity index (χ4v) is 8.18. The van der Waals surface area contributed by atoms with Gasteiger partial charge in [-0.05, 0) is 87.0 Å². The fourth-order valence-electron chi connectivity index (χ4n) is 8.18. The summed E-state index contributed by atoms with van der Waals surface area (Å²) in [7, 11) is 0. The van der Waals surface area contributed by atoms with Crippen molar-refractivity contribution in [1.29, 1.82) is 0 Å². The third kappa shape index (κ3) is 2.10. The zero-order valence-corrected chi connectivity index (χ0v) is 16.7. The first kappa shape index (κ1) is 18.2. The summed E-state index contributed by atoms with van der Waals surface area (Å²) in [5.41, 5.74) is -1.34. The number of rotatable bonds is 1. The van der Waals surface area contributed by atoms with Gasteiger partial charge >= 0.3 is 0 Å². The molecule has 5 rings (SSSR count). The molecule has 4 heteroatoms. The highest BCUT2D eigenvalue weighted by molar-refractivity contribution is 5.30. The highest BCUT2D eigenvalue weighted by Crippen LogP contribution is 2.71. The molecular weight excluding hydrogens is 340 g/mol. The predicted molar refractivity (Wildman–Crippen MR) is 102 cm³/mol. The summed E-state index contributed by atoms with van der Waals surface area (Å²) >= 11 is 0. The Bertz CT molecular complexity index is 716. The number of aliphatic hydroxyl groups is 3. The lowest BCUT2D eigenvalue weighted by Crippen LogP contribution is -2.64. The van der Waals surface area contributed by atoms with Crippen LogP contribution in [0.5, 0.6) is 0 Å². The number of hydrogen-bond acceptors (Lipinski definition) is 4. The van der Waals surface area contributed by atoms with Gasteiger partial charge in [-0.15, -0.1) is 0 Å². The van der Waals surface area contributed by atoms with Gasteiger partial charge in [0.1, 0.15) is 5.60 Å². The topological polar surface area (TPSA) is 73.8 Å². The van der Waals surface area contributed by atoms with Crippen molar-refractivity contribution in [2.75, 3.05) is 0 Å². The van der Waals surface area contributed by atoms with Crippen LogP contribution in [-0.2, 0) is 5.60 Å². The predicted octanol–water partition coefficient (Wildman–Crippen LogP) is 3.99. The number of furan rings is 1. The van der Waals surface area contributed by atoms with Gasteiger partial charge in [0.25, 0.3) is 0 Å². The van der Waals surface area contributed by atoms with E-state index in [0.29, 0.717) is 24.7 Å². The highest BCUT2D eigenvalue weighted by Gasteiger charge is 2.72. The van der Waals surface area contributed by atoms with E-state index >= 15 is 0 Å². The fraction of sp³-hybridized carbons (Fsp3) is 0.826. The SMILES string of the molecule is C[C@]12CC[C@@H](O)C[C@H]1CC[C@@H]1[C@@H]2CC[C@@]2(C)[C@@]1(O)CC[C@]2(O)c1ccoc1. The van der Waals surface area contributed by atoms with Gasteiger partial charge in [0.05, 0.1) is 24.2 Å². The molecule has 0 aliphatic heterocycles. The van der Waals surface area contributed by atoms with Crippen molar-refractivity contribution >= 4 is 0 Å². The first-order valence-corrected chi connectivity index (χ1v) is 10.9. The van der Waals surface area contributed by atoms with Crippen molar-refractivity contribution in [3.63, 3.8) is 0 Å². The molecule has 0 unspecified atom stereocenters. The van der Waals surface area contributed by atoms with Crippen molar-refractivity contribution in [1.82, 2.24) is 0 Å². The summed E-state index contributed by atoms with van der Waals surface area (Å²) in [4.78, 5) is 0. The molecule has 3 N–H and O–H groups in total. The number of hydrogen-bond donors (Lipinski definition) is 3. The zero-order valence-electron chi connectivity index (χ0n) is 16.7. The molecule has 150 valence electrons. The summed E-state index contributed by atoms with van der Waals surface area (Å²) in [6, 6.07) is 1.86. The molecule has 0 radical (unpaired) electrons. The van der Waals surface area contributed by atoms with E-state index in [9.17, 15) is 15.3 Å². The van der Waals surface area contributed by atoms with Crippen LogP contribution in [0.3, 0.4) is 0 Å². The first-order valence-electron chi connectivity index (χ1n) is 10.9. The van der Waals surface area contributed by atoms with Crippen LogP contribution >= 0.6 is 0 Å². The van der Waals surface area contributed by atoms with Gasteiger partial charge in [-0.2, -0.15) is 0 Å². The molecule has 1 aromatic heterocycles. The van der Waals surface area contributed by atoms with Crippen molar-refractivity contribution in [3.8, 4) is 0 Å². The Morgan fingerprint density at radius 1 is 0.963 bits per heavy atom. The molecule has 8 atom stereocenters. The maximum absolute atomic E-state index is 12.1. The van der Waals surface area contributed by atoms with Crippen LogP contribution in [-0.4, -0.2) is 27.0 Å². The van der Waals surface area contributed by atoms with E-state index in [2.05, 4.69) is 13.8 Å². The van der Waals surface area contributed by atoms with Crippen LogP contribution in [0.2, 0.25) is 0 Å². The van der Waals surface area contributed by atoms with E-state index < -0.39 is 16.6 Å². The summed E-state index contributed by atoms with van der Waals surface area (Å²) in [5.74, 6) is 1.31. The van der Waals surface area contributed by atoms with Crippen LogP contribution in [0, 0.1) is 28.6 Å². The van der Waals surface area contributed by atoms with Crippen molar-refractivity contribution in [2.45, 2.75) is 88.9 Å². The highest BCUT2D eigenvalue weighted by atomic mass is 16.3. The maximum Gasteiger partial charge on any atom is 0.101 e. The molecule has 27 heavy (non-hydrogen) atoms. The summed E-state index contributed by atoms with van der Waals surface area (Å²) in [6.07, 6.45) is 11.3. The molecule has 4 fully saturated rings. The Hall–Kier alpha value is -0.840. The third-order valence-corrected chi connectivity index (χ3v) is 9.97. The molecule has 0 amide bonds. The Kier molecular flexibility index (Phi) is 3.78. The monoisotopic (exact) mass is 374 g/mol. The molecule has 4 aliphatic rings. The van der Waals surface area contributed by atoms with Gasteiger partial charge in [0.15, 0.2) is 0 Å². The quantitative estimate of drug-likeness (QED) is 0.695. The average molecular weight is 375 g/mol. The second-order valence-corrected chi connectivity index (χ2v) is 10.6. The number of aliphatic hydroxyl groups excluding tert-OH is 1. The molecule has 0 spiro atoms. The normalized spacial score (nSPS) is 54.9. The van der Waals surface area contributed by atoms with Crippen LogP contribution in [0.15, 0.2) is 23.0 Å². The average Bonchev–Trinajstić information content (AvgIpc) is 3.24. The molecule has 0 bridgehead atoms. The van der Waals surface area contributed by atoms with E-state index in [4.69, 9.17) is 4.42 Å². The standard InChI is InChI=1S/C23H34O4/c1-20-8-5-17(24)13-15(20)3-4-19-18(20)6-9-21(2)22(25,10-11-23(19,21)26)16-7-12-27-14-16/h7,12,14-15,17-19,24-26H,3-6,8-11,13H2,1-2H3/t15-,17-,18+,19-,20+,21-,22+,23-/m1/s1. The zero-order chi connectivity index (χ0) is 19.1. The molecule has 4 aliphatic carbocycles. The molecule has 4 nitrogen and oxygen atoms in total. The van der Waals surface area contributed by atoms with Crippen LogP contribution in [0.1, 0.15) is 77.2 Å². The molecule has 0 saturated heterocycles. The lowest BCUT2D eigenvalue weighted by atomic mass is 9.43. The Labute approximate surface area is 162 Å². The van der Waals surface area contributed by atoms with Gasteiger partial charge in [-0.25, -0.2) is 0 Å². The van der Waals surface area contributed by atoms with Gasteiger partial charge in [-0.3, -0.25) is 0 Å². The van der Waals surface area contributed by atoms with E-state index in [1.807, 2.05) is 6.07 Å². The summed E-state index contributed by atoms with van der Waals surface area (Å²) < 4.78 is 5.29. The van der Waals surface area contributed by atoms with Crippen molar-refractivity contribution in [3.05, 3.63) is 24.2 Å². The second kappa shape index (κ2) is 5.61. The lowest BCUT2D eigenvalue weighted by molar-refractivity contribution is -0.238.